The first-order valence-electron chi connectivity index (χ1n) is 8.71. The fourth-order valence-corrected chi connectivity index (χ4v) is 3.05. The first-order chi connectivity index (χ1) is 11.4. The predicted molar refractivity (Wildman–Crippen MR) is 95.8 cm³/mol. The standard InChI is InChI=1S/C19H29N3O2/c1-14-6-7-18(12-15(14)2)16(3)20-19(24)13-21-8-5-9-22(11-10-21)17(4)23/h6-7,12,16H,5,8-11,13H2,1-4H3,(H,20,24)/t16-/m0/s1. The molecule has 1 saturated heterocycles. The quantitative estimate of drug-likeness (QED) is 0.918. The molecule has 2 rings (SSSR count). The van der Waals surface area contributed by atoms with Crippen molar-refractivity contribution in [2.45, 2.75) is 40.2 Å². The van der Waals surface area contributed by atoms with E-state index in [-0.39, 0.29) is 17.9 Å². The van der Waals surface area contributed by atoms with Crippen LogP contribution in [-0.2, 0) is 9.59 Å². The maximum atomic E-state index is 12.3. The molecule has 2 amide bonds. The summed E-state index contributed by atoms with van der Waals surface area (Å²) in [5.74, 6) is 0.154. The van der Waals surface area contributed by atoms with E-state index in [0.717, 1.165) is 31.6 Å². The molecule has 0 radical (unpaired) electrons. The number of hydrogen-bond donors (Lipinski definition) is 1. The third-order valence-electron chi connectivity index (χ3n) is 4.81. The Kier molecular flexibility index (Phi) is 6.37. The van der Waals surface area contributed by atoms with Crippen molar-refractivity contribution in [3.05, 3.63) is 34.9 Å². The van der Waals surface area contributed by atoms with Gasteiger partial charge in [-0.2, -0.15) is 0 Å². The van der Waals surface area contributed by atoms with Gasteiger partial charge in [0.15, 0.2) is 0 Å². The highest BCUT2D eigenvalue weighted by Crippen LogP contribution is 2.16. The number of carbonyl (C=O) groups excluding carboxylic acids is 2. The van der Waals surface area contributed by atoms with Crippen LogP contribution in [0.4, 0.5) is 0 Å². The Morgan fingerprint density at radius 3 is 2.54 bits per heavy atom. The highest BCUT2D eigenvalue weighted by Gasteiger charge is 2.19. The van der Waals surface area contributed by atoms with E-state index in [0.29, 0.717) is 13.1 Å². The molecule has 24 heavy (non-hydrogen) atoms. The minimum Gasteiger partial charge on any atom is -0.348 e. The van der Waals surface area contributed by atoms with Gasteiger partial charge in [0.1, 0.15) is 0 Å². The topological polar surface area (TPSA) is 52.7 Å². The van der Waals surface area contributed by atoms with Crippen LogP contribution in [0.3, 0.4) is 0 Å². The number of aryl methyl sites for hydroxylation is 2. The Bertz CT molecular complexity index is 600. The van der Waals surface area contributed by atoms with Crippen LogP contribution in [0.25, 0.3) is 0 Å². The minimum atomic E-state index is -0.00232. The number of carbonyl (C=O) groups is 2. The molecule has 1 aromatic rings. The van der Waals surface area contributed by atoms with Gasteiger partial charge in [0.05, 0.1) is 12.6 Å². The molecule has 0 aliphatic carbocycles. The van der Waals surface area contributed by atoms with Gasteiger partial charge in [-0.25, -0.2) is 0 Å². The molecule has 0 bridgehead atoms. The number of nitrogens with one attached hydrogen (secondary N) is 1. The summed E-state index contributed by atoms with van der Waals surface area (Å²) in [6, 6.07) is 6.30. The van der Waals surface area contributed by atoms with Gasteiger partial charge in [-0.3, -0.25) is 14.5 Å². The van der Waals surface area contributed by atoms with E-state index < -0.39 is 0 Å². The lowest BCUT2D eigenvalue weighted by molar-refractivity contribution is -0.128. The van der Waals surface area contributed by atoms with Crippen LogP contribution in [0.1, 0.15) is 43.0 Å². The van der Waals surface area contributed by atoms with Gasteiger partial charge >= 0.3 is 0 Å². The van der Waals surface area contributed by atoms with Crippen molar-refractivity contribution < 1.29 is 9.59 Å². The second-order valence-electron chi connectivity index (χ2n) is 6.77. The summed E-state index contributed by atoms with van der Waals surface area (Å²) >= 11 is 0. The zero-order valence-corrected chi connectivity index (χ0v) is 15.3. The van der Waals surface area contributed by atoms with Crippen molar-refractivity contribution in [3.63, 3.8) is 0 Å². The van der Waals surface area contributed by atoms with E-state index in [1.54, 1.807) is 6.92 Å². The highest BCUT2D eigenvalue weighted by atomic mass is 16.2. The van der Waals surface area contributed by atoms with Crippen LogP contribution >= 0.6 is 0 Å². The molecule has 0 unspecified atom stereocenters. The molecule has 1 aliphatic rings. The molecule has 1 heterocycles. The molecule has 1 atom stereocenters. The van der Waals surface area contributed by atoms with Crippen LogP contribution in [-0.4, -0.2) is 54.3 Å². The van der Waals surface area contributed by atoms with Gasteiger partial charge in [0.25, 0.3) is 0 Å². The predicted octanol–water partition coefficient (Wildman–Crippen LogP) is 2.03. The number of amides is 2. The van der Waals surface area contributed by atoms with Crippen molar-refractivity contribution in [3.8, 4) is 0 Å². The lowest BCUT2D eigenvalue weighted by Crippen LogP contribution is -2.40. The third kappa shape index (κ3) is 5.06. The number of nitrogens with zero attached hydrogens (tertiary/aromatic N) is 2. The monoisotopic (exact) mass is 331 g/mol. The molecule has 132 valence electrons. The molecule has 5 nitrogen and oxygen atoms in total. The van der Waals surface area contributed by atoms with Gasteiger partial charge in [-0.05, 0) is 43.9 Å². The Labute approximate surface area is 145 Å². The van der Waals surface area contributed by atoms with E-state index >= 15 is 0 Å². The van der Waals surface area contributed by atoms with Gasteiger partial charge in [0.2, 0.25) is 11.8 Å². The Balaban J connectivity index is 1.86. The molecule has 1 N–H and O–H groups in total. The Morgan fingerprint density at radius 2 is 1.88 bits per heavy atom. The highest BCUT2D eigenvalue weighted by molar-refractivity contribution is 5.78. The van der Waals surface area contributed by atoms with Crippen molar-refractivity contribution in [2.24, 2.45) is 0 Å². The molecule has 0 aromatic heterocycles. The van der Waals surface area contributed by atoms with E-state index in [1.807, 2.05) is 11.8 Å². The summed E-state index contributed by atoms with van der Waals surface area (Å²) in [7, 11) is 0. The molecule has 5 heteroatoms. The number of benzene rings is 1. The average Bonchev–Trinajstić information content (AvgIpc) is 2.75. The van der Waals surface area contributed by atoms with Crippen molar-refractivity contribution in [1.82, 2.24) is 15.1 Å². The van der Waals surface area contributed by atoms with Gasteiger partial charge in [-0.1, -0.05) is 18.2 Å². The first-order valence-corrected chi connectivity index (χ1v) is 8.71. The fraction of sp³-hybridized carbons (Fsp3) is 0.579. The zero-order chi connectivity index (χ0) is 17.7. The van der Waals surface area contributed by atoms with Gasteiger partial charge in [-0.15, -0.1) is 0 Å². The number of hydrogen-bond acceptors (Lipinski definition) is 3. The average molecular weight is 331 g/mol. The summed E-state index contributed by atoms with van der Waals surface area (Å²) in [6.45, 7) is 11.3. The molecule has 1 aromatic carbocycles. The lowest BCUT2D eigenvalue weighted by atomic mass is 10.0. The van der Waals surface area contributed by atoms with Crippen LogP contribution in [0.5, 0.6) is 0 Å². The van der Waals surface area contributed by atoms with Gasteiger partial charge < -0.3 is 10.2 Å². The molecule has 1 aliphatic heterocycles. The van der Waals surface area contributed by atoms with Crippen LogP contribution in [0.15, 0.2) is 18.2 Å². The van der Waals surface area contributed by atoms with Crippen molar-refractivity contribution >= 4 is 11.8 Å². The second-order valence-corrected chi connectivity index (χ2v) is 6.77. The maximum absolute atomic E-state index is 12.3. The van der Waals surface area contributed by atoms with E-state index in [1.165, 1.54) is 11.1 Å². The smallest absolute Gasteiger partial charge is 0.234 e. The molecular formula is C19H29N3O2. The second kappa shape index (κ2) is 8.29. The largest absolute Gasteiger partial charge is 0.348 e. The van der Waals surface area contributed by atoms with Crippen molar-refractivity contribution in [2.75, 3.05) is 32.7 Å². The summed E-state index contributed by atoms with van der Waals surface area (Å²) in [5.41, 5.74) is 3.63. The minimum absolute atomic E-state index is 0.00232. The van der Waals surface area contributed by atoms with Crippen molar-refractivity contribution in [1.29, 1.82) is 0 Å². The van der Waals surface area contributed by atoms with Crippen LogP contribution < -0.4 is 5.32 Å². The zero-order valence-electron chi connectivity index (χ0n) is 15.3. The van der Waals surface area contributed by atoms with Gasteiger partial charge in [0, 0.05) is 33.1 Å². The molecule has 0 saturated carbocycles. The molecule has 1 fully saturated rings. The van der Waals surface area contributed by atoms with Crippen LogP contribution in [0.2, 0.25) is 0 Å². The third-order valence-corrected chi connectivity index (χ3v) is 4.81. The van der Waals surface area contributed by atoms with E-state index in [2.05, 4.69) is 42.3 Å². The summed E-state index contributed by atoms with van der Waals surface area (Å²) in [5, 5.41) is 3.08. The molecular weight excluding hydrogens is 302 g/mol. The Hall–Kier alpha value is -1.88. The fourth-order valence-electron chi connectivity index (χ4n) is 3.05. The Morgan fingerprint density at radius 1 is 1.12 bits per heavy atom. The van der Waals surface area contributed by atoms with E-state index in [9.17, 15) is 9.59 Å². The maximum Gasteiger partial charge on any atom is 0.234 e. The van der Waals surface area contributed by atoms with Crippen LogP contribution in [0, 0.1) is 13.8 Å². The molecule has 0 spiro atoms. The van der Waals surface area contributed by atoms with E-state index in [4.69, 9.17) is 0 Å². The number of rotatable bonds is 4. The first kappa shape index (κ1) is 18.5. The normalized spacial score (nSPS) is 17.2. The summed E-state index contributed by atoms with van der Waals surface area (Å²) in [4.78, 5) is 27.8. The summed E-state index contributed by atoms with van der Waals surface area (Å²) in [6.07, 6.45) is 0.916. The SMILES string of the molecule is CC(=O)N1CCCN(CC(=O)N[C@@H](C)c2ccc(C)c(C)c2)CC1. The summed E-state index contributed by atoms with van der Waals surface area (Å²) < 4.78 is 0. The lowest BCUT2D eigenvalue weighted by Gasteiger charge is -2.22.